The Hall–Kier alpha value is -7.17. The molecular weight excluding hydrogens is 681 g/mol. The summed E-state index contributed by atoms with van der Waals surface area (Å²) in [7, 11) is 0. The summed E-state index contributed by atoms with van der Waals surface area (Å²) in [5, 5.41) is 4.77. The van der Waals surface area contributed by atoms with Gasteiger partial charge in [-0.15, -0.1) is 0 Å². The number of aromatic nitrogens is 4. The highest BCUT2D eigenvalue weighted by Crippen LogP contribution is 2.52. The molecule has 8 aromatic carbocycles. The number of fused-ring (bicyclic) bond motifs is 7. The Bertz CT molecular complexity index is 3100. The van der Waals surface area contributed by atoms with Gasteiger partial charge in [0.25, 0.3) is 0 Å². The van der Waals surface area contributed by atoms with E-state index in [4.69, 9.17) is 15.0 Å². The predicted molar refractivity (Wildman–Crippen MR) is 231 cm³/mol. The first-order chi connectivity index (χ1) is 27.5. The second-order valence-corrected chi connectivity index (χ2v) is 15.2. The zero-order valence-electron chi connectivity index (χ0n) is 31.1. The molecule has 4 nitrogen and oxygen atoms in total. The van der Waals surface area contributed by atoms with Crippen molar-refractivity contribution in [2.45, 2.75) is 19.3 Å². The molecule has 264 valence electrons. The Labute approximate surface area is 325 Å². The molecule has 0 spiro atoms. The fraction of sp³-hybridized carbons (Fsp3) is 0.0577. The van der Waals surface area contributed by atoms with Crippen LogP contribution in [-0.2, 0) is 5.41 Å². The van der Waals surface area contributed by atoms with Crippen molar-refractivity contribution in [3.63, 3.8) is 0 Å². The van der Waals surface area contributed by atoms with Crippen LogP contribution in [0.25, 0.3) is 94.7 Å². The van der Waals surface area contributed by atoms with Crippen LogP contribution in [0.5, 0.6) is 0 Å². The van der Waals surface area contributed by atoms with Crippen LogP contribution < -0.4 is 0 Å². The van der Waals surface area contributed by atoms with Gasteiger partial charge in [-0.3, -0.25) is 0 Å². The van der Waals surface area contributed by atoms with Gasteiger partial charge >= 0.3 is 0 Å². The summed E-state index contributed by atoms with van der Waals surface area (Å²) in [6, 6.07) is 64.9. The van der Waals surface area contributed by atoms with Crippen LogP contribution in [0.4, 0.5) is 0 Å². The minimum atomic E-state index is -0.120. The Morgan fingerprint density at radius 1 is 0.393 bits per heavy atom. The average molecular weight is 717 g/mol. The lowest BCUT2D eigenvalue weighted by molar-refractivity contribution is 0.662. The molecule has 0 N–H and O–H groups in total. The minimum absolute atomic E-state index is 0.120. The summed E-state index contributed by atoms with van der Waals surface area (Å²) >= 11 is 0. The van der Waals surface area contributed by atoms with Gasteiger partial charge in [0.2, 0.25) is 0 Å². The van der Waals surface area contributed by atoms with Gasteiger partial charge in [-0.05, 0) is 63.0 Å². The molecular formula is C52H36N4. The van der Waals surface area contributed by atoms with E-state index in [-0.39, 0.29) is 5.41 Å². The van der Waals surface area contributed by atoms with Crippen molar-refractivity contribution in [2.75, 3.05) is 0 Å². The third kappa shape index (κ3) is 4.96. The first-order valence-corrected chi connectivity index (χ1v) is 19.2. The second-order valence-electron chi connectivity index (χ2n) is 15.2. The van der Waals surface area contributed by atoms with E-state index in [9.17, 15) is 0 Å². The molecule has 56 heavy (non-hydrogen) atoms. The van der Waals surface area contributed by atoms with Crippen molar-refractivity contribution in [1.29, 1.82) is 0 Å². The highest BCUT2D eigenvalue weighted by Gasteiger charge is 2.37. The van der Waals surface area contributed by atoms with Gasteiger partial charge in [0.1, 0.15) is 0 Å². The molecule has 2 aromatic heterocycles. The molecule has 2 heterocycles. The third-order valence-corrected chi connectivity index (χ3v) is 11.6. The molecule has 10 aromatic rings. The smallest absolute Gasteiger partial charge is 0.164 e. The minimum Gasteiger partial charge on any atom is -0.309 e. The summed E-state index contributed by atoms with van der Waals surface area (Å²) < 4.78 is 2.42. The van der Waals surface area contributed by atoms with Crippen LogP contribution in [0, 0.1) is 0 Å². The van der Waals surface area contributed by atoms with E-state index in [0.29, 0.717) is 17.5 Å². The maximum atomic E-state index is 5.10. The Kier molecular flexibility index (Phi) is 7.17. The Balaban J connectivity index is 1.16. The SMILES string of the molecule is CC1(C)c2ccccc2-c2cccc(-c3ccc4c(c3)c3ccc(-c5nc(-c6ccccc6)nc(-c6ccccc6)n5)cc3n4-c3cccc4ccccc34)c21. The maximum absolute atomic E-state index is 5.10. The molecule has 0 bridgehead atoms. The molecule has 0 saturated carbocycles. The number of rotatable bonds is 5. The third-order valence-electron chi connectivity index (χ3n) is 11.6. The maximum Gasteiger partial charge on any atom is 0.164 e. The Morgan fingerprint density at radius 3 is 1.75 bits per heavy atom. The van der Waals surface area contributed by atoms with Crippen molar-refractivity contribution in [3.8, 4) is 62.1 Å². The van der Waals surface area contributed by atoms with Gasteiger partial charge < -0.3 is 4.57 Å². The molecule has 0 aliphatic heterocycles. The van der Waals surface area contributed by atoms with E-state index in [1.54, 1.807) is 0 Å². The largest absolute Gasteiger partial charge is 0.309 e. The van der Waals surface area contributed by atoms with Crippen molar-refractivity contribution in [1.82, 2.24) is 19.5 Å². The highest BCUT2D eigenvalue weighted by atomic mass is 15.0. The fourth-order valence-corrected chi connectivity index (χ4v) is 9.02. The van der Waals surface area contributed by atoms with Crippen molar-refractivity contribution in [2.24, 2.45) is 0 Å². The van der Waals surface area contributed by atoms with Crippen LogP contribution in [0.2, 0.25) is 0 Å². The summed E-state index contributed by atoms with van der Waals surface area (Å²) in [6.07, 6.45) is 0. The average Bonchev–Trinajstić information content (AvgIpc) is 3.71. The number of hydrogen-bond acceptors (Lipinski definition) is 3. The zero-order valence-corrected chi connectivity index (χ0v) is 31.1. The summed E-state index contributed by atoms with van der Waals surface area (Å²) in [5.74, 6) is 1.93. The van der Waals surface area contributed by atoms with Crippen molar-refractivity contribution < 1.29 is 0 Å². The normalized spacial score (nSPS) is 13.0. The lowest BCUT2D eigenvalue weighted by atomic mass is 9.79. The van der Waals surface area contributed by atoms with E-state index in [2.05, 4.69) is 164 Å². The van der Waals surface area contributed by atoms with Crippen molar-refractivity contribution in [3.05, 3.63) is 193 Å². The van der Waals surface area contributed by atoms with E-state index < -0.39 is 0 Å². The van der Waals surface area contributed by atoms with E-state index in [1.807, 2.05) is 36.4 Å². The first kappa shape index (κ1) is 32.3. The molecule has 0 unspecified atom stereocenters. The van der Waals surface area contributed by atoms with E-state index >= 15 is 0 Å². The molecule has 4 heteroatoms. The molecule has 0 radical (unpaired) electrons. The molecule has 0 amide bonds. The molecule has 0 atom stereocenters. The van der Waals surface area contributed by atoms with Gasteiger partial charge in [0, 0.05) is 38.3 Å². The number of benzene rings is 8. The number of hydrogen-bond donors (Lipinski definition) is 0. The Morgan fingerprint density at radius 2 is 0.982 bits per heavy atom. The van der Waals surface area contributed by atoms with E-state index in [1.165, 1.54) is 54.9 Å². The standard InChI is InChI=1S/C52H36N4/c1-52(2)44-25-12-11-22-40(44)42-24-14-23-39(48(42)52)36-28-30-46-43(31-36)41-29-27-37(32-47(41)56(46)45-26-13-20-33-15-9-10-21-38(33)45)51-54-49(34-16-5-3-6-17-34)53-50(55-51)35-18-7-4-8-19-35/h3-32H,1-2H3. The van der Waals surface area contributed by atoms with Gasteiger partial charge in [0.15, 0.2) is 17.5 Å². The summed E-state index contributed by atoms with van der Waals surface area (Å²) in [6.45, 7) is 4.72. The molecule has 0 saturated heterocycles. The fourth-order valence-electron chi connectivity index (χ4n) is 9.02. The second kappa shape index (κ2) is 12.4. The van der Waals surface area contributed by atoms with Crippen LogP contribution in [0.15, 0.2) is 182 Å². The van der Waals surface area contributed by atoms with Crippen LogP contribution in [-0.4, -0.2) is 19.5 Å². The van der Waals surface area contributed by atoms with Crippen LogP contribution in [0.1, 0.15) is 25.0 Å². The van der Waals surface area contributed by atoms with Crippen LogP contribution >= 0.6 is 0 Å². The first-order valence-electron chi connectivity index (χ1n) is 19.2. The van der Waals surface area contributed by atoms with Gasteiger partial charge in [-0.25, -0.2) is 15.0 Å². The highest BCUT2D eigenvalue weighted by molar-refractivity contribution is 6.12. The molecule has 11 rings (SSSR count). The van der Waals surface area contributed by atoms with Crippen molar-refractivity contribution >= 4 is 32.6 Å². The van der Waals surface area contributed by atoms with Gasteiger partial charge in [-0.1, -0.05) is 172 Å². The topological polar surface area (TPSA) is 43.6 Å². The van der Waals surface area contributed by atoms with E-state index in [0.717, 1.165) is 33.4 Å². The molecule has 1 aliphatic rings. The number of nitrogens with zero attached hydrogens (tertiary/aromatic N) is 4. The summed E-state index contributed by atoms with van der Waals surface area (Å²) in [4.78, 5) is 15.2. The van der Waals surface area contributed by atoms with Crippen LogP contribution in [0.3, 0.4) is 0 Å². The molecule has 0 fully saturated rings. The van der Waals surface area contributed by atoms with Gasteiger partial charge in [0.05, 0.1) is 16.7 Å². The quantitative estimate of drug-likeness (QED) is 0.178. The monoisotopic (exact) mass is 716 g/mol. The lowest BCUT2D eigenvalue weighted by Gasteiger charge is -2.24. The summed E-state index contributed by atoms with van der Waals surface area (Å²) in [5.41, 5.74) is 14.0. The lowest BCUT2D eigenvalue weighted by Crippen LogP contribution is -2.16. The predicted octanol–water partition coefficient (Wildman–Crippen LogP) is 13.1. The zero-order chi connectivity index (χ0) is 37.4. The van der Waals surface area contributed by atoms with Gasteiger partial charge in [-0.2, -0.15) is 0 Å². The molecule has 1 aliphatic carbocycles.